The average molecular weight is 422 g/mol. The zero-order valence-corrected chi connectivity index (χ0v) is 18.4. The van der Waals surface area contributed by atoms with E-state index in [1.807, 2.05) is 6.07 Å². The van der Waals surface area contributed by atoms with Gasteiger partial charge >= 0.3 is 0 Å². The predicted octanol–water partition coefficient (Wildman–Crippen LogP) is 7.25. The number of rotatable bonds is 5. The maximum absolute atomic E-state index is 4.72. The van der Waals surface area contributed by atoms with Crippen LogP contribution in [0.2, 0.25) is 0 Å². The lowest BCUT2D eigenvalue weighted by atomic mass is 10.1. The van der Waals surface area contributed by atoms with Crippen molar-refractivity contribution in [2.24, 2.45) is 0 Å². The van der Waals surface area contributed by atoms with Crippen LogP contribution in [0.15, 0.2) is 102 Å². The largest absolute Gasteiger partial charge is 0.301 e. The summed E-state index contributed by atoms with van der Waals surface area (Å²) in [4.78, 5) is 9.43. The van der Waals surface area contributed by atoms with E-state index < -0.39 is 0 Å². The van der Waals surface area contributed by atoms with E-state index >= 15 is 0 Å². The van der Waals surface area contributed by atoms with Gasteiger partial charge in [0.2, 0.25) is 0 Å². The van der Waals surface area contributed by atoms with Gasteiger partial charge in [-0.25, -0.2) is 9.97 Å². The molecule has 0 N–H and O–H groups in total. The fourth-order valence-corrected chi connectivity index (χ4v) is 4.95. The van der Waals surface area contributed by atoms with E-state index in [-0.39, 0.29) is 5.25 Å². The van der Waals surface area contributed by atoms with Gasteiger partial charge in [-0.3, -0.25) is 0 Å². The third-order valence-electron chi connectivity index (χ3n) is 5.47. The maximum atomic E-state index is 4.72. The minimum absolute atomic E-state index is 0.283. The highest BCUT2D eigenvalue weighted by atomic mass is 32.2. The topological polar surface area (TPSA) is 30.7 Å². The Kier molecular flexibility index (Phi) is 5.31. The molecule has 0 saturated carbocycles. The number of benzene rings is 3. The summed E-state index contributed by atoms with van der Waals surface area (Å²) in [5.41, 5.74) is 6.88. The summed E-state index contributed by atoms with van der Waals surface area (Å²) in [5.74, 6) is 0. The zero-order valence-electron chi connectivity index (χ0n) is 17.6. The molecule has 152 valence electrons. The molecule has 0 amide bonds. The molecule has 0 saturated heterocycles. The van der Waals surface area contributed by atoms with E-state index in [0.717, 1.165) is 27.3 Å². The van der Waals surface area contributed by atoms with Crippen LogP contribution in [0.5, 0.6) is 0 Å². The minimum Gasteiger partial charge on any atom is -0.301 e. The van der Waals surface area contributed by atoms with Crippen molar-refractivity contribution in [2.75, 3.05) is 0 Å². The molecular formula is C27H23N3S. The third kappa shape index (κ3) is 3.87. The van der Waals surface area contributed by atoms with Gasteiger partial charge in [0.15, 0.2) is 0 Å². The monoisotopic (exact) mass is 421 g/mol. The van der Waals surface area contributed by atoms with Crippen molar-refractivity contribution >= 4 is 22.8 Å². The predicted molar refractivity (Wildman–Crippen MR) is 130 cm³/mol. The second-order valence-corrected chi connectivity index (χ2v) is 9.00. The second-order valence-electron chi connectivity index (χ2n) is 7.67. The minimum atomic E-state index is 0.283. The number of fused-ring (bicyclic) bond motifs is 1. The third-order valence-corrected chi connectivity index (χ3v) is 6.63. The number of hydrogen-bond donors (Lipinski definition) is 0. The van der Waals surface area contributed by atoms with E-state index in [2.05, 4.69) is 103 Å². The van der Waals surface area contributed by atoms with Crippen molar-refractivity contribution in [1.29, 1.82) is 0 Å². The van der Waals surface area contributed by atoms with Crippen LogP contribution in [0.1, 0.15) is 23.3 Å². The molecule has 1 atom stereocenters. The molecule has 0 bridgehead atoms. The lowest BCUT2D eigenvalue weighted by Gasteiger charge is -2.12. The smallest absolute Gasteiger partial charge is 0.149 e. The molecule has 0 aliphatic heterocycles. The van der Waals surface area contributed by atoms with Gasteiger partial charge in [0, 0.05) is 22.7 Å². The fraction of sp³-hybridized carbons (Fsp3) is 0.111. The molecule has 0 unspecified atom stereocenters. The molecule has 2 heterocycles. The summed E-state index contributed by atoms with van der Waals surface area (Å²) in [5, 5.41) is 2.39. The van der Waals surface area contributed by atoms with Crippen LogP contribution in [-0.4, -0.2) is 14.5 Å². The Morgan fingerprint density at radius 2 is 1.58 bits per heavy atom. The number of aromatic nitrogens is 3. The first-order valence-electron chi connectivity index (χ1n) is 10.4. The van der Waals surface area contributed by atoms with E-state index in [4.69, 9.17) is 9.97 Å². The molecule has 3 nitrogen and oxygen atoms in total. The molecular weight excluding hydrogens is 398 g/mol. The molecule has 5 rings (SSSR count). The zero-order chi connectivity index (χ0) is 21.2. The Labute approximate surface area is 186 Å². The Morgan fingerprint density at radius 3 is 2.32 bits per heavy atom. The van der Waals surface area contributed by atoms with Gasteiger partial charge in [-0.1, -0.05) is 84.6 Å². The molecule has 2 aromatic heterocycles. The first-order chi connectivity index (χ1) is 15.2. The van der Waals surface area contributed by atoms with Gasteiger partial charge in [-0.15, -0.1) is 0 Å². The molecule has 3 aromatic carbocycles. The van der Waals surface area contributed by atoms with Gasteiger partial charge in [0.1, 0.15) is 17.0 Å². The Hall–Kier alpha value is -3.37. The van der Waals surface area contributed by atoms with E-state index in [1.165, 1.54) is 16.7 Å². The summed E-state index contributed by atoms with van der Waals surface area (Å²) in [6, 6.07) is 29.6. The van der Waals surface area contributed by atoms with Gasteiger partial charge in [-0.05, 0) is 42.7 Å². The molecule has 31 heavy (non-hydrogen) atoms. The van der Waals surface area contributed by atoms with Crippen LogP contribution >= 0.6 is 11.8 Å². The van der Waals surface area contributed by atoms with E-state index in [9.17, 15) is 0 Å². The lowest BCUT2D eigenvalue weighted by Crippen LogP contribution is -1.96. The van der Waals surface area contributed by atoms with Crippen molar-refractivity contribution in [3.05, 3.63) is 109 Å². The summed E-state index contributed by atoms with van der Waals surface area (Å²) >= 11 is 1.78. The highest BCUT2D eigenvalue weighted by Gasteiger charge is 2.19. The van der Waals surface area contributed by atoms with Crippen molar-refractivity contribution in [3.63, 3.8) is 0 Å². The summed E-state index contributed by atoms with van der Waals surface area (Å²) in [6.07, 6.45) is 3.88. The molecule has 0 spiro atoms. The van der Waals surface area contributed by atoms with Crippen LogP contribution in [0, 0.1) is 6.92 Å². The molecule has 0 radical (unpaired) electrons. The summed E-state index contributed by atoms with van der Waals surface area (Å²) in [6.45, 7) is 4.35. The van der Waals surface area contributed by atoms with Gasteiger partial charge in [0.25, 0.3) is 0 Å². The van der Waals surface area contributed by atoms with Crippen LogP contribution in [0.3, 0.4) is 0 Å². The standard InChI is InChI=1S/C27H23N3S/c1-19-10-9-15-23(16-19)30-17-24(22-13-7-4-8-14-22)25-26(30)28-18-29-27(25)31-20(2)21-11-5-3-6-12-21/h3-18,20H,1-2H3/t20-/m1/s1. The number of aryl methyl sites for hydroxylation is 1. The van der Waals surface area contributed by atoms with Crippen LogP contribution in [0.25, 0.3) is 27.8 Å². The summed E-state index contributed by atoms with van der Waals surface area (Å²) in [7, 11) is 0. The van der Waals surface area contributed by atoms with Crippen molar-refractivity contribution in [1.82, 2.24) is 14.5 Å². The van der Waals surface area contributed by atoms with Crippen molar-refractivity contribution < 1.29 is 0 Å². The Balaban J connectivity index is 1.70. The normalized spacial score (nSPS) is 12.2. The van der Waals surface area contributed by atoms with Gasteiger partial charge in [-0.2, -0.15) is 0 Å². The number of thioether (sulfide) groups is 1. The molecule has 0 aliphatic carbocycles. The number of nitrogens with zero attached hydrogens (tertiary/aromatic N) is 3. The molecule has 0 fully saturated rings. The first-order valence-corrected chi connectivity index (χ1v) is 11.3. The van der Waals surface area contributed by atoms with E-state index in [1.54, 1.807) is 18.1 Å². The maximum Gasteiger partial charge on any atom is 0.149 e. The van der Waals surface area contributed by atoms with Crippen LogP contribution in [0.4, 0.5) is 0 Å². The van der Waals surface area contributed by atoms with Gasteiger partial charge in [0.05, 0.1) is 5.39 Å². The average Bonchev–Trinajstić information content (AvgIpc) is 3.21. The number of hydrogen-bond acceptors (Lipinski definition) is 3. The first kappa shape index (κ1) is 19.6. The SMILES string of the molecule is Cc1cccc(-n2cc(-c3ccccc3)c3c(S[C@H](C)c4ccccc4)ncnc32)c1. The summed E-state index contributed by atoms with van der Waals surface area (Å²) < 4.78 is 2.18. The van der Waals surface area contributed by atoms with Gasteiger partial charge < -0.3 is 4.57 Å². The molecule has 4 heteroatoms. The van der Waals surface area contributed by atoms with Crippen molar-refractivity contribution in [3.8, 4) is 16.8 Å². The highest BCUT2D eigenvalue weighted by molar-refractivity contribution is 7.99. The van der Waals surface area contributed by atoms with Crippen LogP contribution in [-0.2, 0) is 0 Å². The Bertz CT molecular complexity index is 1330. The second kappa shape index (κ2) is 8.40. The van der Waals surface area contributed by atoms with Crippen LogP contribution < -0.4 is 0 Å². The molecule has 5 aromatic rings. The quantitative estimate of drug-likeness (QED) is 0.221. The lowest BCUT2D eigenvalue weighted by molar-refractivity contribution is 1.03. The van der Waals surface area contributed by atoms with E-state index in [0.29, 0.717) is 0 Å². The Morgan fingerprint density at radius 1 is 0.839 bits per heavy atom. The fourth-order valence-electron chi connectivity index (χ4n) is 3.89. The van der Waals surface area contributed by atoms with Crippen molar-refractivity contribution in [2.45, 2.75) is 24.1 Å². The molecule has 0 aliphatic rings. The highest BCUT2D eigenvalue weighted by Crippen LogP contribution is 2.41.